The average Bonchev–Trinajstić information content (AvgIpc) is 2.81. The van der Waals surface area contributed by atoms with Crippen LogP contribution in [-0.2, 0) is 10.0 Å². The van der Waals surface area contributed by atoms with E-state index in [-0.39, 0.29) is 18.0 Å². The molecule has 1 aromatic rings. The lowest BCUT2D eigenvalue weighted by Gasteiger charge is -2.17. The minimum absolute atomic E-state index is 0.184. The van der Waals surface area contributed by atoms with E-state index in [9.17, 15) is 21.6 Å². The first-order chi connectivity index (χ1) is 9.12. The molecule has 0 unspecified atom stereocenters. The number of sulfonamides is 1. The smallest absolute Gasteiger partial charge is 0.225 e. The molecule has 1 aromatic carbocycles. The van der Waals surface area contributed by atoms with Gasteiger partial charge in [-0.15, -0.1) is 0 Å². The van der Waals surface area contributed by atoms with Gasteiger partial charge in [-0.05, 0) is 31.4 Å². The average molecular weight is 310 g/mol. The molecule has 0 radical (unpaired) electrons. The molecule has 0 aromatic heterocycles. The Morgan fingerprint density at radius 3 is 1.95 bits per heavy atom. The van der Waals surface area contributed by atoms with E-state index in [1.807, 2.05) is 0 Å². The Bertz CT molecular complexity index is 538. The van der Waals surface area contributed by atoms with Crippen LogP contribution in [0, 0.1) is 6.92 Å². The second kappa shape index (κ2) is 6.55. The molecule has 4 nitrogen and oxygen atoms in total. The van der Waals surface area contributed by atoms with Gasteiger partial charge in [-0.3, -0.25) is 0 Å². The molecule has 1 fully saturated rings. The van der Waals surface area contributed by atoms with E-state index in [1.165, 1.54) is 6.07 Å². The van der Waals surface area contributed by atoms with Crippen LogP contribution in [0.1, 0.15) is 18.4 Å². The van der Waals surface area contributed by atoms with Gasteiger partial charge in [0.2, 0.25) is 10.0 Å². The maximum Gasteiger partial charge on any atom is 0.459 e. The summed E-state index contributed by atoms with van der Waals surface area (Å²) in [6.07, 6.45) is -2.73. The molecule has 1 aliphatic rings. The van der Waals surface area contributed by atoms with Crippen molar-refractivity contribution in [2.24, 2.45) is 5.14 Å². The number of aryl methyl sites for hydroxylation is 1. The van der Waals surface area contributed by atoms with Crippen LogP contribution >= 0.6 is 0 Å². The largest absolute Gasteiger partial charge is 0.459 e. The Labute approximate surface area is 116 Å². The van der Waals surface area contributed by atoms with E-state index in [0.717, 1.165) is 0 Å². The van der Waals surface area contributed by atoms with Crippen molar-refractivity contribution in [3.63, 3.8) is 0 Å². The van der Waals surface area contributed by atoms with Gasteiger partial charge in [0.1, 0.15) is 0 Å². The standard InChI is InChI=1S/C7H9NO2S.C5H8F3N/c1-6-4-2-3-5-7(6)11(8,9)10;6-5(7,8)9-3-1-2-4-9/h2-5H,1H3,(H2,8,9,10);1-4H2. The van der Waals surface area contributed by atoms with Crippen molar-refractivity contribution in [1.29, 1.82) is 0 Å². The minimum Gasteiger partial charge on any atom is -0.225 e. The molecule has 0 spiro atoms. The summed E-state index contributed by atoms with van der Waals surface area (Å²) in [7, 11) is -3.53. The van der Waals surface area contributed by atoms with E-state index in [1.54, 1.807) is 25.1 Å². The number of hydrogen-bond acceptors (Lipinski definition) is 3. The van der Waals surface area contributed by atoms with Crippen LogP contribution in [0.2, 0.25) is 0 Å². The van der Waals surface area contributed by atoms with Gasteiger partial charge in [0.25, 0.3) is 0 Å². The first-order valence-corrected chi connectivity index (χ1v) is 7.57. The summed E-state index contributed by atoms with van der Waals surface area (Å²) in [5.74, 6) is 0. The predicted octanol–water partition coefficient (Wildman–Crippen LogP) is 2.24. The highest BCUT2D eigenvalue weighted by atomic mass is 32.2. The first-order valence-electron chi connectivity index (χ1n) is 6.02. The topological polar surface area (TPSA) is 63.4 Å². The molecule has 1 aliphatic heterocycles. The summed E-state index contributed by atoms with van der Waals surface area (Å²) in [5.41, 5.74) is 0.676. The normalized spacial score (nSPS) is 16.6. The molecule has 2 N–H and O–H groups in total. The van der Waals surface area contributed by atoms with E-state index < -0.39 is 16.3 Å². The molecule has 0 atom stereocenters. The maximum absolute atomic E-state index is 11.7. The molecule has 1 heterocycles. The van der Waals surface area contributed by atoms with E-state index >= 15 is 0 Å². The summed E-state index contributed by atoms with van der Waals surface area (Å²) in [6.45, 7) is 2.08. The molecule has 0 saturated carbocycles. The second-order valence-electron chi connectivity index (χ2n) is 4.47. The summed E-state index contributed by atoms with van der Waals surface area (Å²) in [5, 5.41) is 4.93. The van der Waals surface area contributed by atoms with Crippen LogP contribution in [0.15, 0.2) is 29.2 Å². The van der Waals surface area contributed by atoms with E-state index in [0.29, 0.717) is 23.3 Å². The third-order valence-corrected chi connectivity index (χ3v) is 3.94. The van der Waals surface area contributed by atoms with E-state index in [4.69, 9.17) is 5.14 Å². The van der Waals surface area contributed by atoms with Gasteiger partial charge in [0, 0.05) is 13.1 Å². The SMILES string of the molecule is Cc1ccccc1S(N)(=O)=O.FC(F)(F)N1CCCC1. The van der Waals surface area contributed by atoms with E-state index in [2.05, 4.69) is 0 Å². The Morgan fingerprint density at radius 2 is 1.65 bits per heavy atom. The molecule has 114 valence electrons. The predicted molar refractivity (Wildman–Crippen MR) is 69.4 cm³/mol. The molecule has 2 rings (SSSR count). The molecule has 0 bridgehead atoms. The maximum atomic E-state index is 11.7. The van der Waals surface area contributed by atoms with Gasteiger partial charge in [-0.1, -0.05) is 18.2 Å². The van der Waals surface area contributed by atoms with Crippen LogP contribution in [0.4, 0.5) is 13.2 Å². The lowest BCUT2D eigenvalue weighted by molar-refractivity contribution is -0.238. The second-order valence-corrected chi connectivity index (χ2v) is 6.00. The fourth-order valence-corrected chi connectivity index (χ4v) is 2.63. The van der Waals surface area contributed by atoms with Gasteiger partial charge in [-0.2, -0.15) is 13.2 Å². The summed E-state index contributed by atoms with van der Waals surface area (Å²) in [6, 6.07) is 6.61. The molecular weight excluding hydrogens is 293 g/mol. The highest BCUT2D eigenvalue weighted by molar-refractivity contribution is 7.89. The Kier molecular flexibility index (Phi) is 5.55. The zero-order valence-corrected chi connectivity index (χ0v) is 11.8. The number of benzene rings is 1. The van der Waals surface area contributed by atoms with Crippen molar-refractivity contribution in [2.45, 2.75) is 31.0 Å². The molecule has 1 saturated heterocycles. The minimum atomic E-state index is -4.09. The van der Waals surface area contributed by atoms with Gasteiger partial charge < -0.3 is 0 Å². The molecule has 20 heavy (non-hydrogen) atoms. The first kappa shape index (κ1) is 16.9. The fraction of sp³-hybridized carbons (Fsp3) is 0.500. The number of hydrogen-bond donors (Lipinski definition) is 1. The molecule has 8 heteroatoms. The van der Waals surface area contributed by atoms with Gasteiger partial charge in [0.05, 0.1) is 4.90 Å². The number of alkyl halides is 3. The monoisotopic (exact) mass is 310 g/mol. The lowest BCUT2D eigenvalue weighted by Crippen LogP contribution is -2.34. The van der Waals surface area contributed by atoms with Crippen LogP contribution in [-0.4, -0.2) is 32.7 Å². The van der Waals surface area contributed by atoms with Crippen molar-refractivity contribution >= 4 is 10.0 Å². The number of primary sulfonamides is 1. The third kappa shape index (κ3) is 5.10. The van der Waals surface area contributed by atoms with Gasteiger partial charge >= 0.3 is 6.30 Å². The van der Waals surface area contributed by atoms with Crippen LogP contribution in [0.5, 0.6) is 0 Å². The van der Waals surface area contributed by atoms with Gasteiger partial charge in [0.15, 0.2) is 0 Å². The highest BCUT2D eigenvalue weighted by Crippen LogP contribution is 2.25. The number of nitrogens with two attached hydrogens (primary N) is 1. The Balaban J connectivity index is 0.000000204. The van der Waals surface area contributed by atoms with Crippen molar-refractivity contribution < 1.29 is 21.6 Å². The van der Waals surface area contributed by atoms with Crippen LogP contribution in [0.3, 0.4) is 0 Å². The quantitative estimate of drug-likeness (QED) is 0.809. The lowest BCUT2D eigenvalue weighted by atomic mass is 10.2. The van der Waals surface area contributed by atoms with Crippen molar-refractivity contribution in [1.82, 2.24) is 4.90 Å². The zero-order chi connectivity index (χ0) is 15.4. The van der Waals surface area contributed by atoms with Crippen molar-refractivity contribution in [3.8, 4) is 0 Å². The molecule has 0 aliphatic carbocycles. The molecular formula is C12H17F3N2O2S. The number of halogens is 3. The third-order valence-electron chi connectivity index (χ3n) is 2.86. The molecule has 0 amide bonds. The summed E-state index contributed by atoms with van der Waals surface area (Å²) >= 11 is 0. The van der Waals surface area contributed by atoms with Crippen LogP contribution < -0.4 is 5.14 Å². The van der Waals surface area contributed by atoms with Gasteiger partial charge in [-0.25, -0.2) is 18.5 Å². The summed E-state index contributed by atoms with van der Waals surface area (Å²) < 4.78 is 56.7. The Morgan fingerprint density at radius 1 is 1.15 bits per heavy atom. The Hall–Kier alpha value is -1.12. The number of likely N-dealkylation sites (tertiary alicyclic amines) is 1. The zero-order valence-electron chi connectivity index (χ0n) is 11.0. The summed E-state index contributed by atoms with van der Waals surface area (Å²) in [4.78, 5) is 0.743. The van der Waals surface area contributed by atoms with Crippen molar-refractivity contribution in [3.05, 3.63) is 29.8 Å². The highest BCUT2D eigenvalue weighted by Gasteiger charge is 2.38. The van der Waals surface area contributed by atoms with Crippen molar-refractivity contribution in [2.75, 3.05) is 13.1 Å². The van der Waals surface area contributed by atoms with Crippen LogP contribution in [0.25, 0.3) is 0 Å². The number of nitrogens with zero attached hydrogens (tertiary/aromatic N) is 1. The number of rotatable bonds is 1. The fourth-order valence-electron chi connectivity index (χ4n) is 1.85.